The molecular formula is C16H28N6O. The van der Waals surface area contributed by atoms with Crippen molar-refractivity contribution in [3.05, 3.63) is 5.82 Å². The van der Waals surface area contributed by atoms with Gasteiger partial charge in [-0.3, -0.25) is 9.80 Å². The van der Waals surface area contributed by atoms with Crippen LogP contribution in [-0.2, 0) is 11.3 Å². The van der Waals surface area contributed by atoms with Gasteiger partial charge in [-0.25, -0.2) is 4.68 Å². The topological polar surface area (TPSA) is 59.3 Å². The zero-order valence-corrected chi connectivity index (χ0v) is 14.3. The fourth-order valence-electron chi connectivity index (χ4n) is 4.37. The van der Waals surface area contributed by atoms with E-state index in [2.05, 4.69) is 32.4 Å². The standard InChI is InChI=1S/C16H28N6O/c1-20(11-16-17-18-19-22(16)12-6-7-12)14-4-3-5-15(14)21-9-8-13(10-21)23-2/h12-15H,3-11H2,1-2H3/t13?,14-,15+/m1/s1. The Hall–Kier alpha value is -1.05. The van der Waals surface area contributed by atoms with Crippen molar-refractivity contribution < 1.29 is 4.74 Å². The monoisotopic (exact) mass is 320 g/mol. The zero-order valence-electron chi connectivity index (χ0n) is 14.3. The Labute approximate surface area is 138 Å². The molecule has 1 saturated heterocycles. The molecule has 1 unspecified atom stereocenters. The molecule has 0 N–H and O–H groups in total. The second-order valence-corrected chi connectivity index (χ2v) is 7.39. The third kappa shape index (κ3) is 3.14. The lowest BCUT2D eigenvalue weighted by Gasteiger charge is -2.34. The van der Waals surface area contributed by atoms with Crippen LogP contribution in [0, 0.1) is 0 Å². The summed E-state index contributed by atoms with van der Waals surface area (Å²) in [5.74, 6) is 1.02. The molecular weight excluding hydrogens is 292 g/mol. The molecule has 23 heavy (non-hydrogen) atoms. The molecule has 2 saturated carbocycles. The number of likely N-dealkylation sites (N-methyl/N-ethyl adjacent to an activating group) is 1. The van der Waals surface area contributed by atoms with E-state index >= 15 is 0 Å². The summed E-state index contributed by atoms with van der Waals surface area (Å²) >= 11 is 0. The van der Waals surface area contributed by atoms with Gasteiger partial charge in [0.15, 0.2) is 5.82 Å². The highest BCUT2D eigenvalue weighted by Gasteiger charge is 2.38. The van der Waals surface area contributed by atoms with E-state index in [1.54, 1.807) is 0 Å². The zero-order chi connectivity index (χ0) is 15.8. The maximum Gasteiger partial charge on any atom is 0.165 e. The van der Waals surface area contributed by atoms with Gasteiger partial charge >= 0.3 is 0 Å². The number of methoxy groups -OCH3 is 1. The van der Waals surface area contributed by atoms with Gasteiger partial charge in [0.2, 0.25) is 0 Å². The first-order chi connectivity index (χ1) is 11.3. The minimum Gasteiger partial charge on any atom is -0.380 e. The van der Waals surface area contributed by atoms with Crippen LogP contribution in [0.5, 0.6) is 0 Å². The molecule has 1 aromatic heterocycles. The Morgan fingerprint density at radius 1 is 1.22 bits per heavy atom. The third-order valence-electron chi connectivity index (χ3n) is 5.83. The number of likely N-dealkylation sites (tertiary alicyclic amines) is 1. The highest BCUT2D eigenvalue weighted by molar-refractivity contribution is 4.97. The first kappa shape index (κ1) is 15.5. The van der Waals surface area contributed by atoms with Crippen LogP contribution in [0.3, 0.4) is 0 Å². The number of tetrazole rings is 1. The summed E-state index contributed by atoms with van der Waals surface area (Å²) in [5, 5.41) is 12.3. The van der Waals surface area contributed by atoms with Gasteiger partial charge in [-0.1, -0.05) is 6.42 Å². The van der Waals surface area contributed by atoms with Crippen molar-refractivity contribution in [2.24, 2.45) is 0 Å². The Kier molecular flexibility index (Phi) is 4.34. The van der Waals surface area contributed by atoms with Crippen LogP contribution in [0.25, 0.3) is 0 Å². The van der Waals surface area contributed by atoms with E-state index in [4.69, 9.17) is 4.74 Å². The molecule has 0 bridgehead atoms. The molecule has 4 rings (SSSR count). The fourth-order valence-corrected chi connectivity index (χ4v) is 4.37. The Morgan fingerprint density at radius 2 is 2.09 bits per heavy atom. The maximum atomic E-state index is 5.55. The SMILES string of the molecule is COC1CCN([C@H]2CCC[C@H]2N(C)Cc2nnnn2C2CC2)C1. The van der Waals surface area contributed by atoms with Gasteiger partial charge in [-0.05, 0) is 49.6 Å². The van der Waals surface area contributed by atoms with E-state index in [9.17, 15) is 0 Å². The largest absolute Gasteiger partial charge is 0.380 e. The van der Waals surface area contributed by atoms with E-state index in [1.807, 2.05) is 11.8 Å². The van der Waals surface area contributed by atoms with E-state index < -0.39 is 0 Å². The van der Waals surface area contributed by atoms with Gasteiger partial charge in [-0.2, -0.15) is 0 Å². The minimum atomic E-state index is 0.420. The highest BCUT2D eigenvalue weighted by Crippen LogP contribution is 2.35. The molecule has 7 nitrogen and oxygen atoms in total. The average molecular weight is 320 g/mol. The average Bonchev–Trinajstić information content (AvgIpc) is 2.99. The van der Waals surface area contributed by atoms with Gasteiger partial charge in [0, 0.05) is 32.3 Å². The van der Waals surface area contributed by atoms with Gasteiger partial charge < -0.3 is 4.74 Å². The summed E-state index contributed by atoms with van der Waals surface area (Å²) in [4.78, 5) is 5.12. The normalized spacial score (nSPS) is 32.2. The lowest BCUT2D eigenvalue weighted by atomic mass is 10.1. The first-order valence-electron chi connectivity index (χ1n) is 9.00. The molecule has 2 heterocycles. The molecule has 3 fully saturated rings. The smallest absolute Gasteiger partial charge is 0.165 e. The van der Waals surface area contributed by atoms with Crippen LogP contribution in [0.4, 0.5) is 0 Å². The first-order valence-corrected chi connectivity index (χ1v) is 9.00. The second-order valence-electron chi connectivity index (χ2n) is 7.39. The van der Waals surface area contributed by atoms with E-state index in [0.717, 1.165) is 18.9 Å². The minimum absolute atomic E-state index is 0.420. The van der Waals surface area contributed by atoms with Gasteiger partial charge in [0.05, 0.1) is 18.7 Å². The van der Waals surface area contributed by atoms with Crippen molar-refractivity contribution in [2.45, 2.75) is 69.3 Å². The molecule has 2 aliphatic carbocycles. The van der Waals surface area contributed by atoms with E-state index in [-0.39, 0.29) is 0 Å². The molecule has 3 atom stereocenters. The van der Waals surface area contributed by atoms with Crippen LogP contribution in [0.15, 0.2) is 0 Å². The van der Waals surface area contributed by atoms with Crippen molar-refractivity contribution in [1.29, 1.82) is 0 Å². The summed E-state index contributed by atoms with van der Waals surface area (Å²) in [6.07, 6.45) is 7.94. The molecule has 0 aromatic carbocycles. The molecule has 0 spiro atoms. The van der Waals surface area contributed by atoms with Gasteiger partial charge in [0.25, 0.3) is 0 Å². The summed E-state index contributed by atoms with van der Waals surface area (Å²) in [7, 11) is 4.07. The predicted octanol–water partition coefficient (Wildman–Crippen LogP) is 1.08. The molecule has 0 amide bonds. The summed E-state index contributed by atoms with van der Waals surface area (Å²) < 4.78 is 7.58. The van der Waals surface area contributed by atoms with Gasteiger partial charge in [-0.15, -0.1) is 5.10 Å². The third-order valence-corrected chi connectivity index (χ3v) is 5.83. The number of ether oxygens (including phenoxy) is 1. The van der Waals surface area contributed by atoms with Crippen LogP contribution in [-0.4, -0.2) is 75.4 Å². The number of hydrogen-bond acceptors (Lipinski definition) is 6. The lowest BCUT2D eigenvalue weighted by molar-refractivity contribution is 0.0832. The van der Waals surface area contributed by atoms with E-state index in [1.165, 1.54) is 45.1 Å². The molecule has 1 aliphatic heterocycles. The quantitative estimate of drug-likeness (QED) is 0.782. The number of rotatable bonds is 6. The van der Waals surface area contributed by atoms with Crippen molar-refractivity contribution in [1.82, 2.24) is 30.0 Å². The maximum absolute atomic E-state index is 5.55. The Morgan fingerprint density at radius 3 is 2.83 bits per heavy atom. The van der Waals surface area contributed by atoms with Crippen molar-refractivity contribution >= 4 is 0 Å². The van der Waals surface area contributed by atoms with Crippen molar-refractivity contribution in [3.8, 4) is 0 Å². The van der Waals surface area contributed by atoms with Crippen LogP contribution in [0.2, 0.25) is 0 Å². The van der Waals surface area contributed by atoms with E-state index in [0.29, 0.717) is 24.2 Å². The van der Waals surface area contributed by atoms with Crippen LogP contribution in [0.1, 0.15) is 50.4 Å². The lowest BCUT2D eigenvalue weighted by Crippen LogP contribution is -2.47. The number of nitrogens with zero attached hydrogens (tertiary/aromatic N) is 6. The Bertz CT molecular complexity index is 530. The summed E-state index contributed by atoms with van der Waals surface area (Å²) in [5.41, 5.74) is 0. The Balaban J connectivity index is 1.40. The van der Waals surface area contributed by atoms with Crippen LogP contribution < -0.4 is 0 Å². The molecule has 7 heteroatoms. The molecule has 0 radical (unpaired) electrons. The predicted molar refractivity (Wildman–Crippen MR) is 86.0 cm³/mol. The highest BCUT2D eigenvalue weighted by atomic mass is 16.5. The molecule has 128 valence electrons. The summed E-state index contributed by atoms with van der Waals surface area (Å²) in [6, 6.07) is 1.81. The van der Waals surface area contributed by atoms with Gasteiger partial charge in [0.1, 0.15) is 0 Å². The van der Waals surface area contributed by atoms with Crippen LogP contribution >= 0.6 is 0 Å². The van der Waals surface area contributed by atoms with Crippen molar-refractivity contribution in [2.75, 3.05) is 27.2 Å². The second kappa shape index (κ2) is 6.45. The fraction of sp³-hybridized carbons (Fsp3) is 0.938. The number of hydrogen-bond donors (Lipinski definition) is 0. The van der Waals surface area contributed by atoms with Crippen molar-refractivity contribution in [3.63, 3.8) is 0 Å². The molecule has 3 aliphatic rings. The number of aromatic nitrogens is 4. The molecule has 1 aromatic rings. The summed E-state index contributed by atoms with van der Waals surface area (Å²) in [6.45, 7) is 3.12.